The number of hydrogen-bond acceptors (Lipinski definition) is 4. The molecule has 1 heterocycles. The van der Waals surface area contributed by atoms with Gasteiger partial charge in [0.05, 0.1) is 11.5 Å². The molecule has 0 aromatic heterocycles. The molecule has 1 aliphatic carbocycles. The van der Waals surface area contributed by atoms with Gasteiger partial charge in [0.2, 0.25) is 5.91 Å². The number of guanidine groups is 1. The predicted molar refractivity (Wildman–Crippen MR) is 107 cm³/mol. The summed E-state index contributed by atoms with van der Waals surface area (Å²) in [6.07, 6.45) is 6.29. The summed E-state index contributed by atoms with van der Waals surface area (Å²) in [6, 6.07) is 0.154. The third-order valence-electron chi connectivity index (χ3n) is 4.27. The van der Waals surface area contributed by atoms with Gasteiger partial charge in [0.25, 0.3) is 0 Å². The van der Waals surface area contributed by atoms with E-state index < -0.39 is 9.84 Å². The van der Waals surface area contributed by atoms with E-state index in [0.29, 0.717) is 18.9 Å². The Balaban J connectivity index is 0.00000288. The summed E-state index contributed by atoms with van der Waals surface area (Å²) in [5.41, 5.74) is 0. The summed E-state index contributed by atoms with van der Waals surface area (Å²) in [4.78, 5) is 16.3. The second-order valence-corrected chi connectivity index (χ2v) is 8.57. The fraction of sp³-hybridized carbons (Fsp3) is 0.867. The quantitative estimate of drug-likeness (QED) is 0.312. The molecule has 2 rings (SSSR count). The Morgan fingerprint density at radius 2 is 1.79 bits per heavy atom. The maximum Gasteiger partial charge on any atom is 0.242 e. The third kappa shape index (κ3) is 7.54. The lowest BCUT2D eigenvalue weighted by atomic mass is 9.95. The Morgan fingerprint density at radius 1 is 1.08 bits per heavy atom. The highest BCUT2D eigenvalue weighted by Crippen LogP contribution is 2.17. The number of nitrogens with zero attached hydrogens (tertiary/aromatic N) is 1. The monoisotopic (exact) mass is 472 g/mol. The zero-order chi connectivity index (χ0) is 16.7. The van der Waals surface area contributed by atoms with Crippen LogP contribution in [0.25, 0.3) is 0 Å². The number of halogens is 1. The Bertz CT molecular complexity index is 533. The van der Waals surface area contributed by atoms with Crippen molar-refractivity contribution < 1.29 is 13.2 Å². The molecule has 140 valence electrons. The van der Waals surface area contributed by atoms with Crippen LogP contribution in [0.4, 0.5) is 0 Å². The topological polar surface area (TPSA) is 99.7 Å². The van der Waals surface area contributed by atoms with Crippen LogP contribution < -0.4 is 16.0 Å². The van der Waals surface area contributed by atoms with E-state index in [1.807, 2.05) is 6.92 Å². The average Bonchev–Trinajstić information content (AvgIpc) is 2.85. The highest BCUT2D eigenvalue weighted by Gasteiger charge is 2.28. The van der Waals surface area contributed by atoms with Crippen LogP contribution in [-0.4, -0.2) is 57.0 Å². The van der Waals surface area contributed by atoms with Crippen LogP contribution in [0, 0.1) is 0 Å². The summed E-state index contributed by atoms with van der Waals surface area (Å²) in [5.74, 6) is 0.777. The zero-order valence-electron chi connectivity index (χ0n) is 14.2. The van der Waals surface area contributed by atoms with E-state index in [9.17, 15) is 13.2 Å². The molecule has 24 heavy (non-hydrogen) atoms. The summed E-state index contributed by atoms with van der Waals surface area (Å²) in [6.45, 7) is 2.66. The minimum absolute atomic E-state index is 0. The Morgan fingerprint density at radius 3 is 2.38 bits per heavy atom. The number of hydrogen-bond donors (Lipinski definition) is 3. The van der Waals surface area contributed by atoms with Gasteiger partial charge in [-0.3, -0.25) is 4.79 Å². The smallest absolute Gasteiger partial charge is 0.242 e. The molecule has 0 bridgehead atoms. The van der Waals surface area contributed by atoms with Crippen molar-refractivity contribution in [1.82, 2.24) is 16.0 Å². The molecular formula is C15H29IN4O3S. The molecule has 3 N–H and O–H groups in total. The van der Waals surface area contributed by atoms with Gasteiger partial charge in [-0.15, -0.1) is 24.0 Å². The lowest BCUT2D eigenvalue weighted by Crippen LogP contribution is -2.45. The van der Waals surface area contributed by atoms with Gasteiger partial charge >= 0.3 is 0 Å². The van der Waals surface area contributed by atoms with Crippen LogP contribution in [-0.2, 0) is 14.6 Å². The first-order valence-electron chi connectivity index (χ1n) is 8.53. The fourth-order valence-electron chi connectivity index (χ4n) is 3.09. The summed E-state index contributed by atoms with van der Waals surface area (Å²) < 4.78 is 23.0. The molecule has 9 heteroatoms. The fourth-order valence-corrected chi connectivity index (χ4v) is 4.77. The van der Waals surface area contributed by atoms with Crippen molar-refractivity contribution in [3.05, 3.63) is 0 Å². The zero-order valence-corrected chi connectivity index (χ0v) is 17.4. The lowest BCUT2D eigenvalue weighted by Gasteiger charge is -2.22. The second kappa shape index (κ2) is 10.4. The van der Waals surface area contributed by atoms with Crippen molar-refractivity contribution in [2.24, 2.45) is 4.99 Å². The van der Waals surface area contributed by atoms with Gasteiger partial charge in [0.1, 0.15) is 6.54 Å². The first-order chi connectivity index (χ1) is 11.0. The van der Waals surface area contributed by atoms with Crippen LogP contribution in [0.15, 0.2) is 4.99 Å². The molecule has 2 fully saturated rings. The number of sulfone groups is 1. The summed E-state index contributed by atoms with van der Waals surface area (Å²) in [7, 11) is -2.93. The number of amides is 1. The highest BCUT2D eigenvalue weighted by atomic mass is 127. The average molecular weight is 472 g/mol. The normalized spacial score (nSPS) is 24.0. The molecule has 1 saturated carbocycles. The van der Waals surface area contributed by atoms with E-state index >= 15 is 0 Å². The summed E-state index contributed by atoms with van der Waals surface area (Å²) in [5, 5.41) is 9.20. The Hall–Kier alpha value is -0.580. The Kier molecular flexibility index (Phi) is 9.32. The molecule has 0 spiro atoms. The van der Waals surface area contributed by atoms with Gasteiger partial charge < -0.3 is 16.0 Å². The molecular weight excluding hydrogens is 443 g/mol. The number of rotatable bonds is 5. The first kappa shape index (κ1) is 21.5. The maximum absolute atomic E-state index is 12.0. The number of aliphatic imine (C=N–C) groups is 1. The predicted octanol–water partition coefficient (Wildman–Crippen LogP) is 0.796. The van der Waals surface area contributed by atoms with Gasteiger partial charge in [-0.25, -0.2) is 13.4 Å². The van der Waals surface area contributed by atoms with E-state index in [1.54, 1.807) is 0 Å². The van der Waals surface area contributed by atoms with E-state index in [-0.39, 0.29) is 60.0 Å². The summed E-state index contributed by atoms with van der Waals surface area (Å²) >= 11 is 0. The number of carbonyl (C=O) groups excluding carboxylic acids is 1. The molecule has 7 nitrogen and oxygen atoms in total. The SMILES string of the molecule is CCNC(=NCC(=O)NC1CCCCC1)NC1CCS(=O)(=O)C1.I. The van der Waals surface area contributed by atoms with Crippen LogP contribution >= 0.6 is 24.0 Å². The van der Waals surface area contributed by atoms with E-state index in [2.05, 4.69) is 20.9 Å². The first-order valence-corrected chi connectivity index (χ1v) is 10.4. The molecule has 2 aliphatic rings. The van der Waals surface area contributed by atoms with E-state index in [1.165, 1.54) is 19.3 Å². The molecule has 1 saturated heterocycles. The van der Waals surface area contributed by atoms with Gasteiger partial charge in [0, 0.05) is 18.6 Å². The van der Waals surface area contributed by atoms with Crippen LogP contribution in [0.1, 0.15) is 45.4 Å². The van der Waals surface area contributed by atoms with Crippen molar-refractivity contribution in [2.45, 2.75) is 57.5 Å². The van der Waals surface area contributed by atoms with Crippen molar-refractivity contribution >= 4 is 45.7 Å². The molecule has 0 aromatic carbocycles. The number of nitrogens with one attached hydrogen (secondary N) is 3. The van der Waals surface area contributed by atoms with Crippen molar-refractivity contribution in [2.75, 3.05) is 24.6 Å². The Labute approximate surface area is 161 Å². The number of carbonyl (C=O) groups is 1. The minimum Gasteiger partial charge on any atom is -0.357 e. The standard InChI is InChI=1S/C15H28N4O3S.HI/c1-2-16-15(19-13-8-9-23(21,22)11-13)17-10-14(20)18-12-6-4-3-5-7-12;/h12-13H,2-11H2,1H3,(H,18,20)(H2,16,17,19);1H. The largest absolute Gasteiger partial charge is 0.357 e. The van der Waals surface area contributed by atoms with Crippen LogP contribution in [0.2, 0.25) is 0 Å². The van der Waals surface area contributed by atoms with E-state index in [4.69, 9.17) is 0 Å². The molecule has 0 radical (unpaired) electrons. The molecule has 0 aromatic rings. The molecule has 1 unspecified atom stereocenters. The molecule has 1 atom stereocenters. The molecule has 1 aliphatic heterocycles. The molecule has 1 amide bonds. The third-order valence-corrected chi connectivity index (χ3v) is 6.04. The highest BCUT2D eigenvalue weighted by molar-refractivity contribution is 14.0. The van der Waals surface area contributed by atoms with Gasteiger partial charge in [0.15, 0.2) is 15.8 Å². The van der Waals surface area contributed by atoms with Gasteiger partial charge in [-0.2, -0.15) is 0 Å². The van der Waals surface area contributed by atoms with Crippen LogP contribution in [0.3, 0.4) is 0 Å². The van der Waals surface area contributed by atoms with E-state index in [0.717, 1.165) is 12.8 Å². The van der Waals surface area contributed by atoms with Crippen molar-refractivity contribution in [3.63, 3.8) is 0 Å². The van der Waals surface area contributed by atoms with Crippen LogP contribution in [0.5, 0.6) is 0 Å². The maximum atomic E-state index is 12.0. The van der Waals surface area contributed by atoms with Gasteiger partial charge in [-0.1, -0.05) is 19.3 Å². The minimum atomic E-state index is -2.93. The second-order valence-electron chi connectivity index (χ2n) is 6.34. The van der Waals surface area contributed by atoms with Gasteiger partial charge in [-0.05, 0) is 26.2 Å². The lowest BCUT2D eigenvalue weighted by molar-refractivity contribution is -0.120. The van der Waals surface area contributed by atoms with Crippen molar-refractivity contribution in [3.8, 4) is 0 Å². The van der Waals surface area contributed by atoms with Crippen molar-refractivity contribution in [1.29, 1.82) is 0 Å².